The topological polar surface area (TPSA) is 224 Å². The maximum atomic E-state index is 13.1. The molecule has 0 bridgehead atoms. The Kier molecular flexibility index (Phi) is 12.4. The Bertz CT molecular complexity index is 923. The highest BCUT2D eigenvalue weighted by Gasteiger charge is 2.46. The van der Waals surface area contributed by atoms with E-state index in [2.05, 4.69) is 23.3 Å². The predicted octanol–water partition coefficient (Wildman–Crippen LogP) is -3.40. The second kappa shape index (κ2) is 15.0. The van der Waals surface area contributed by atoms with E-state index in [1.807, 2.05) is 0 Å². The number of ketones is 1. The number of thiol groups is 1. The van der Waals surface area contributed by atoms with E-state index < -0.39 is 85.9 Å². The Morgan fingerprint density at radius 2 is 1.78 bits per heavy atom. The van der Waals surface area contributed by atoms with Gasteiger partial charge in [-0.2, -0.15) is 12.6 Å². The number of aliphatic hydroxyl groups is 3. The first-order valence-electron chi connectivity index (χ1n) is 11.6. The fraction of sp³-hybridized carbons (Fsp3) is 0.565. The average Bonchev–Trinajstić information content (AvgIpc) is 2.89. The Balaban J connectivity index is 2.18. The lowest BCUT2D eigenvalue weighted by Gasteiger charge is -2.42. The van der Waals surface area contributed by atoms with Crippen LogP contribution in [-0.2, 0) is 35.1 Å². The third-order valence-corrected chi connectivity index (χ3v) is 6.15. The monoisotopic (exact) mass is 542 g/mol. The molecule has 2 rings (SSSR count). The molecule has 7 atom stereocenters. The summed E-state index contributed by atoms with van der Waals surface area (Å²) in [4.78, 5) is 49.0. The largest absolute Gasteiger partial charge is 0.394 e. The molecule has 1 aliphatic heterocycles. The van der Waals surface area contributed by atoms with Crippen LogP contribution in [0.1, 0.15) is 12.0 Å². The number of aliphatic hydroxyl groups excluding tert-OH is 3. The van der Waals surface area contributed by atoms with E-state index in [1.165, 1.54) is 0 Å². The number of carbonyl (C=O) groups excluding carboxylic acids is 4. The van der Waals surface area contributed by atoms with Gasteiger partial charge in [-0.25, -0.2) is 0 Å². The number of nitrogens with one attached hydrogen (secondary N) is 2. The van der Waals surface area contributed by atoms with E-state index in [0.717, 1.165) is 5.56 Å². The van der Waals surface area contributed by atoms with Crippen molar-refractivity contribution in [1.29, 1.82) is 0 Å². The van der Waals surface area contributed by atoms with Crippen molar-refractivity contribution in [3.8, 4) is 0 Å². The highest BCUT2D eigenvalue weighted by atomic mass is 32.1. The van der Waals surface area contributed by atoms with Crippen molar-refractivity contribution in [2.24, 2.45) is 17.4 Å². The van der Waals surface area contributed by atoms with Gasteiger partial charge in [0.1, 0.15) is 30.4 Å². The average molecular weight is 543 g/mol. The van der Waals surface area contributed by atoms with Crippen molar-refractivity contribution >= 4 is 36.1 Å². The lowest BCUT2D eigenvalue weighted by Crippen LogP contribution is -2.65. The first-order chi connectivity index (χ1) is 17.6. The van der Waals surface area contributed by atoms with E-state index in [9.17, 15) is 34.5 Å². The maximum absolute atomic E-state index is 13.1. The van der Waals surface area contributed by atoms with Crippen molar-refractivity contribution in [3.05, 3.63) is 35.9 Å². The number of benzene rings is 1. The third kappa shape index (κ3) is 9.03. The van der Waals surface area contributed by atoms with Crippen LogP contribution in [0.2, 0.25) is 0 Å². The predicted molar refractivity (Wildman–Crippen MR) is 133 cm³/mol. The third-order valence-electron chi connectivity index (χ3n) is 5.86. The fourth-order valence-electron chi connectivity index (χ4n) is 3.83. The molecule has 0 radical (unpaired) electrons. The molecule has 1 aromatic rings. The van der Waals surface area contributed by atoms with Gasteiger partial charge in [0.25, 0.3) is 0 Å². The number of hydrogen-bond acceptors (Lipinski definition) is 11. The molecule has 1 saturated heterocycles. The molecule has 13 nitrogen and oxygen atoms in total. The highest BCUT2D eigenvalue weighted by molar-refractivity contribution is 7.81. The summed E-state index contributed by atoms with van der Waals surface area (Å²) in [5.41, 5.74) is 11.7. The number of ether oxygens (including phenoxy) is 2. The van der Waals surface area contributed by atoms with E-state index in [-0.39, 0.29) is 18.6 Å². The molecule has 0 spiro atoms. The van der Waals surface area contributed by atoms with Crippen molar-refractivity contribution in [1.82, 2.24) is 10.6 Å². The Morgan fingerprint density at radius 1 is 1.11 bits per heavy atom. The fourth-order valence-corrected chi connectivity index (χ4v) is 3.92. The molecule has 1 aromatic carbocycles. The zero-order valence-corrected chi connectivity index (χ0v) is 21.0. The molecular formula is C23H34N4O9S. The van der Waals surface area contributed by atoms with Crippen molar-refractivity contribution < 1.29 is 44.0 Å². The van der Waals surface area contributed by atoms with Gasteiger partial charge in [0.15, 0.2) is 12.1 Å². The quantitative estimate of drug-likeness (QED) is 0.109. The Morgan fingerprint density at radius 3 is 2.35 bits per heavy atom. The van der Waals surface area contributed by atoms with Crippen LogP contribution in [0.15, 0.2) is 30.3 Å². The molecular weight excluding hydrogens is 508 g/mol. The normalized spacial score (nSPS) is 25.1. The summed E-state index contributed by atoms with van der Waals surface area (Å²) in [6.45, 7) is -1.59. The van der Waals surface area contributed by atoms with Gasteiger partial charge in [-0.15, -0.1) is 0 Å². The van der Waals surface area contributed by atoms with Crippen molar-refractivity contribution in [2.45, 2.75) is 49.5 Å². The summed E-state index contributed by atoms with van der Waals surface area (Å²) in [5.74, 6) is -3.65. The molecule has 1 heterocycles. The van der Waals surface area contributed by atoms with Gasteiger partial charge < -0.3 is 46.9 Å². The first kappa shape index (κ1) is 30.6. The Hall–Kier alpha value is -2.59. The van der Waals surface area contributed by atoms with Crippen molar-refractivity contribution in [3.63, 3.8) is 0 Å². The van der Waals surface area contributed by atoms with Crippen LogP contribution >= 0.6 is 12.6 Å². The van der Waals surface area contributed by atoms with E-state index >= 15 is 0 Å². The maximum Gasteiger partial charge on any atom is 0.234 e. The molecule has 1 aliphatic rings. The minimum Gasteiger partial charge on any atom is -0.394 e. The first-order valence-corrected chi connectivity index (χ1v) is 12.2. The number of primary amides is 1. The van der Waals surface area contributed by atoms with E-state index in [0.29, 0.717) is 0 Å². The molecule has 0 aliphatic carbocycles. The van der Waals surface area contributed by atoms with Crippen LogP contribution in [0.3, 0.4) is 0 Å². The lowest BCUT2D eigenvalue weighted by molar-refractivity contribution is -0.270. The molecule has 0 saturated carbocycles. The molecule has 9 N–H and O–H groups in total. The molecule has 0 aromatic heterocycles. The SMILES string of the molecule is NCC(=O)N[C@@H](CO[C@@H]1OC(CO)[C@H](O)[C@H](O)C1NC(=O)CS)C(=O)C[C@@H](Cc1ccccc1)C(N)=O. The second-order valence-electron chi connectivity index (χ2n) is 8.58. The second-order valence-corrected chi connectivity index (χ2v) is 8.89. The molecule has 14 heteroatoms. The highest BCUT2D eigenvalue weighted by Crippen LogP contribution is 2.23. The van der Waals surface area contributed by atoms with Gasteiger partial charge in [0.05, 0.1) is 25.5 Å². The van der Waals surface area contributed by atoms with Crippen LogP contribution in [-0.4, -0.2) is 101 Å². The van der Waals surface area contributed by atoms with Gasteiger partial charge in [0, 0.05) is 12.3 Å². The standard InChI is InChI=1S/C23H34N4O9S/c24-8-17(30)26-14(15(29)7-13(22(25)34)6-12-4-2-1-3-5-12)10-35-23-19(27-18(31)11-37)21(33)20(32)16(9-28)36-23/h1-5,13-14,16,19-21,23,28,32-33,37H,6-11,24H2,(H2,25,34)(H,26,30)(H,27,31)/t13-,14+,16?,19?,20+,21-,23-/m1/s1. The number of carbonyl (C=O) groups is 4. The van der Waals surface area contributed by atoms with Gasteiger partial charge >= 0.3 is 0 Å². The number of nitrogens with two attached hydrogens (primary N) is 2. The lowest BCUT2D eigenvalue weighted by atomic mass is 9.91. The van der Waals surface area contributed by atoms with Gasteiger partial charge in [-0.05, 0) is 12.0 Å². The van der Waals surface area contributed by atoms with Gasteiger partial charge in [0.2, 0.25) is 17.7 Å². The minimum atomic E-state index is -1.59. The molecule has 1 fully saturated rings. The molecule has 206 valence electrons. The molecule has 2 unspecified atom stereocenters. The molecule has 37 heavy (non-hydrogen) atoms. The molecule has 3 amide bonds. The smallest absolute Gasteiger partial charge is 0.234 e. The zero-order valence-electron chi connectivity index (χ0n) is 20.1. The van der Waals surface area contributed by atoms with E-state index in [4.69, 9.17) is 20.9 Å². The summed E-state index contributed by atoms with van der Waals surface area (Å²) in [5, 5.41) is 34.9. The minimum absolute atomic E-state index is 0.201. The number of hydrogen-bond donors (Lipinski definition) is 8. The van der Waals surface area contributed by atoms with Crippen molar-refractivity contribution in [2.75, 3.05) is 25.5 Å². The Labute approximate surface area is 219 Å². The van der Waals surface area contributed by atoms with Gasteiger partial charge in [-0.1, -0.05) is 30.3 Å². The summed E-state index contributed by atoms with van der Waals surface area (Å²) < 4.78 is 11.1. The van der Waals surface area contributed by atoms with Crippen LogP contribution in [0.25, 0.3) is 0 Å². The number of Topliss-reactive ketones (excluding diaryl/α,β-unsaturated/α-hetero) is 1. The van der Waals surface area contributed by atoms with Crippen LogP contribution in [0.4, 0.5) is 0 Å². The number of amides is 3. The summed E-state index contributed by atoms with van der Waals surface area (Å²) in [6, 6.07) is 6.38. The van der Waals surface area contributed by atoms with E-state index in [1.54, 1.807) is 30.3 Å². The zero-order chi connectivity index (χ0) is 27.5. The summed E-state index contributed by atoms with van der Waals surface area (Å²) >= 11 is 3.86. The van der Waals surface area contributed by atoms with Crippen LogP contribution in [0.5, 0.6) is 0 Å². The van der Waals surface area contributed by atoms with Gasteiger partial charge in [-0.3, -0.25) is 19.2 Å². The van der Waals surface area contributed by atoms with Crippen LogP contribution in [0, 0.1) is 5.92 Å². The summed E-state index contributed by atoms with van der Waals surface area (Å²) in [7, 11) is 0. The number of rotatable bonds is 14. The summed E-state index contributed by atoms with van der Waals surface area (Å²) in [6.07, 6.45) is -5.90. The van der Waals surface area contributed by atoms with Crippen LogP contribution < -0.4 is 22.1 Å².